The summed E-state index contributed by atoms with van der Waals surface area (Å²) in [7, 11) is -3.70. The summed E-state index contributed by atoms with van der Waals surface area (Å²) < 4.78 is 27.8. The summed E-state index contributed by atoms with van der Waals surface area (Å²) in [6.07, 6.45) is 7.08. The Morgan fingerprint density at radius 2 is 1.52 bits per heavy atom. The van der Waals surface area contributed by atoms with Gasteiger partial charge in [0, 0.05) is 6.42 Å². The quantitative estimate of drug-likeness (QED) is 0.365. The molecule has 2 aromatic carbocycles. The molecule has 0 spiro atoms. The summed E-state index contributed by atoms with van der Waals surface area (Å²) in [4.78, 5) is 13.2. The van der Waals surface area contributed by atoms with Crippen LogP contribution in [0, 0.1) is 6.92 Å². The highest BCUT2D eigenvalue weighted by molar-refractivity contribution is 7.89. The van der Waals surface area contributed by atoms with Crippen LogP contribution in [0.3, 0.4) is 0 Å². The first-order chi connectivity index (χ1) is 14.0. The maximum atomic E-state index is 13.2. The molecule has 1 heterocycles. The summed E-state index contributed by atoms with van der Waals surface area (Å²) in [6, 6.07) is 15.3. The van der Waals surface area contributed by atoms with E-state index in [9.17, 15) is 13.2 Å². The van der Waals surface area contributed by atoms with Crippen molar-refractivity contribution in [3.63, 3.8) is 0 Å². The largest absolute Gasteiger partial charge is 0.298 e. The fraction of sp³-hybridized carbons (Fsp3) is 0.458. The van der Waals surface area contributed by atoms with Crippen LogP contribution in [-0.4, -0.2) is 24.5 Å². The molecule has 29 heavy (non-hydrogen) atoms. The van der Waals surface area contributed by atoms with E-state index >= 15 is 0 Å². The smallest absolute Gasteiger partial charge is 0.244 e. The maximum Gasteiger partial charge on any atom is 0.244 e. The van der Waals surface area contributed by atoms with Crippen molar-refractivity contribution in [1.82, 2.24) is 4.31 Å². The third-order valence-corrected chi connectivity index (χ3v) is 7.48. The Morgan fingerprint density at radius 1 is 0.897 bits per heavy atom. The van der Waals surface area contributed by atoms with Gasteiger partial charge in [-0.2, -0.15) is 4.31 Å². The number of ketones is 1. The normalized spacial score (nSPS) is 21.1. The maximum absolute atomic E-state index is 13.2. The van der Waals surface area contributed by atoms with E-state index in [1.807, 2.05) is 37.3 Å². The molecular weight excluding hydrogens is 382 g/mol. The minimum Gasteiger partial charge on any atom is -0.298 e. The second kappa shape index (κ2) is 9.68. The zero-order chi connectivity index (χ0) is 20.9. The van der Waals surface area contributed by atoms with Crippen LogP contribution in [0.4, 0.5) is 0 Å². The molecule has 3 rings (SSSR count). The predicted octanol–water partition coefficient (Wildman–Crippen LogP) is 5.43. The van der Waals surface area contributed by atoms with Crippen molar-refractivity contribution < 1.29 is 13.2 Å². The summed E-state index contributed by atoms with van der Waals surface area (Å²) in [5.74, 6) is 0.0324. The first kappa shape index (κ1) is 21.7. The Labute approximate surface area is 175 Å². The molecule has 5 heteroatoms. The van der Waals surface area contributed by atoms with Gasteiger partial charge in [-0.05, 0) is 31.0 Å². The van der Waals surface area contributed by atoms with Gasteiger partial charge in [0.2, 0.25) is 10.0 Å². The lowest BCUT2D eigenvalue weighted by atomic mass is 10.0. The molecule has 0 aromatic heterocycles. The van der Waals surface area contributed by atoms with Gasteiger partial charge in [-0.25, -0.2) is 8.42 Å². The SMILES string of the molecule is CCCCCCCCC(=O)[C@@H]1[C@H](c2ccccc2)N1S(=O)(=O)c1ccc(C)cc1. The molecule has 1 unspecified atom stereocenters. The van der Waals surface area contributed by atoms with Gasteiger partial charge < -0.3 is 0 Å². The molecule has 2 aromatic rings. The van der Waals surface area contributed by atoms with Gasteiger partial charge in [-0.15, -0.1) is 0 Å². The molecule has 3 atom stereocenters. The lowest BCUT2D eigenvalue weighted by Gasteiger charge is -2.07. The fourth-order valence-corrected chi connectivity index (χ4v) is 5.60. The van der Waals surface area contributed by atoms with E-state index in [1.54, 1.807) is 24.3 Å². The van der Waals surface area contributed by atoms with Crippen molar-refractivity contribution in [3.8, 4) is 0 Å². The molecule has 4 nitrogen and oxygen atoms in total. The van der Waals surface area contributed by atoms with Crippen molar-refractivity contribution >= 4 is 15.8 Å². The van der Waals surface area contributed by atoms with Crippen molar-refractivity contribution in [2.45, 2.75) is 75.8 Å². The Hall–Kier alpha value is -1.98. The van der Waals surface area contributed by atoms with Crippen LogP contribution in [0.15, 0.2) is 59.5 Å². The summed E-state index contributed by atoms with van der Waals surface area (Å²) in [5.41, 5.74) is 1.88. The van der Waals surface area contributed by atoms with Crippen LogP contribution in [0.25, 0.3) is 0 Å². The second-order valence-corrected chi connectivity index (χ2v) is 9.78. The molecular formula is C24H31NO3S. The summed E-state index contributed by atoms with van der Waals surface area (Å²) >= 11 is 0. The van der Waals surface area contributed by atoms with Crippen molar-refractivity contribution in [2.75, 3.05) is 0 Å². The highest BCUT2D eigenvalue weighted by atomic mass is 32.2. The van der Waals surface area contributed by atoms with Gasteiger partial charge in [-0.3, -0.25) is 4.79 Å². The third kappa shape index (κ3) is 5.14. The Balaban J connectivity index is 1.73. The van der Waals surface area contributed by atoms with E-state index < -0.39 is 22.1 Å². The number of carbonyl (C=O) groups excluding carboxylic acids is 1. The Morgan fingerprint density at radius 3 is 2.17 bits per heavy atom. The first-order valence-corrected chi connectivity index (χ1v) is 12.1. The van der Waals surface area contributed by atoms with Gasteiger partial charge in [-0.1, -0.05) is 87.1 Å². The lowest BCUT2D eigenvalue weighted by molar-refractivity contribution is -0.119. The van der Waals surface area contributed by atoms with Crippen LogP contribution in [0.1, 0.15) is 69.0 Å². The minimum absolute atomic E-state index is 0.0324. The molecule has 1 aliphatic rings. The average molecular weight is 414 g/mol. The molecule has 0 radical (unpaired) electrons. The van der Waals surface area contributed by atoms with Crippen LogP contribution >= 0.6 is 0 Å². The van der Waals surface area contributed by atoms with Crippen molar-refractivity contribution in [3.05, 3.63) is 65.7 Å². The number of hydrogen-bond donors (Lipinski definition) is 0. The molecule has 0 N–H and O–H groups in total. The zero-order valence-electron chi connectivity index (χ0n) is 17.4. The highest BCUT2D eigenvalue weighted by Gasteiger charge is 2.59. The molecule has 0 aliphatic carbocycles. The Bertz CT molecular complexity index is 907. The molecule has 0 saturated carbocycles. The van der Waals surface area contributed by atoms with Gasteiger partial charge in [0.15, 0.2) is 5.78 Å². The number of Topliss-reactive ketones (excluding diaryl/α,β-unsaturated/α-hetero) is 1. The monoisotopic (exact) mass is 413 g/mol. The fourth-order valence-electron chi connectivity index (χ4n) is 3.87. The summed E-state index contributed by atoms with van der Waals surface area (Å²) in [6.45, 7) is 4.11. The van der Waals surface area contributed by atoms with E-state index in [1.165, 1.54) is 23.6 Å². The van der Waals surface area contributed by atoms with Gasteiger partial charge in [0.1, 0.15) is 6.04 Å². The number of rotatable bonds is 11. The van der Waals surface area contributed by atoms with Gasteiger partial charge in [0.25, 0.3) is 0 Å². The number of benzene rings is 2. The number of nitrogens with zero attached hydrogens (tertiary/aromatic N) is 1. The van der Waals surface area contributed by atoms with Crippen LogP contribution in [-0.2, 0) is 14.8 Å². The first-order valence-electron chi connectivity index (χ1n) is 10.6. The van der Waals surface area contributed by atoms with Crippen LogP contribution in [0.2, 0.25) is 0 Å². The highest BCUT2D eigenvalue weighted by Crippen LogP contribution is 2.48. The predicted molar refractivity (Wildman–Crippen MR) is 116 cm³/mol. The van der Waals surface area contributed by atoms with Crippen molar-refractivity contribution in [2.24, 2.45) is 0 Å². The van der Waals surface area contributed by atoms with Crippen molar-refractivity contribution in [1.29, 1.82) is 0 Å². The number of sulfonamides is 1. The lowest BCUT2D eigenvalue weighted by Crippen LogP contribution is -2.19. The van der Waals surface area contributed by atoms with E-state index in [2.05, 4.69) is 6.92 Å². The molecule has 1 aliphatic heterocycles. The summed E-state index contributed by atoms with van der Waals surface area (Å²) in [5, 5.41) is 0. The van der Waals surface area contributed by atoms with E-state index in [0.717, 1.165) is 30.4 Å². The molecule has 0 bridgehead atoms. The number of hydrogen-bond acceptors (Lipinski definition) is 3. The van der Waals surface area contributed by atoms with Crippen LogP contribution < -0.4 is 0 Å². The third-order valence-electron chi connectivity index (χ3n) is 5.60. The molecule has 0 amide bonds. The standard InChI is InChI=1S/C24H31NO3S/c1-3-4-5-6-7-11-14-22(26)24-23(20-12-9-8-10-13-20)25(24)29(27,28)21-17-15-19(2)16-18-21/h8-10,12-13,15-18,23-24H,3-7,11,14H2,1-2H3/t23-,24+,25?/m0/s1. The minimum atomic E-state index is -3.70. The van der Waals surface area contributed by atoms with E-state index in [-0.39, 0.29) is 10.7 Å². The molecule has 156 valence electrons. The number of unbranched alkanes of at least 4 members (excludes halogenated alkanes) is 5. The Kier molecular flexibility index (Phi) is 7.25. The van der Waals surface area contributed by atoms with E-state index in [0.29, 0.717) is 6.42 Å². The average Bonchev–Trinajstić information content (AvgIpc) is 3.48. The van der Waals surface area contributed by atoms with E-state index in [4.69, 9.17) is 0 Å². The van der Waals surface area contributed by atoms with Gasteiger partial charge in [0.05, 0.1) is 10.9 Å². The van der Waals surface area contributed by atoms with Crippen LogP contribution in [0.5, 0.6) is 0 Å². The topological polar surface area (TPSA) is 54.2 Å². The van der Waals surface area contributed by atoms with Gasteiger partial charge >= 0.3 is 0 Å². The zero-order valence-corrected chi connectivity index (χ0v) is 18.2. The number of carbonyl (C=O) groups is 1. The number of aryl methyl sites for hydroxylation is 1. The second-order valence-electron chi connectivity index (χ2n) is 7.93. The molecule has 1 saturated heterocycles. The molecule has 1 fully saturated rings.